The number of sulfonamides is 4. The monoisotopic (exact) mass is 1900 g/mol. The van der Waals surface area contributed by atoms with Crippen LogP contribution in [0.4, 0.5) is 22.7 Å². The van der Waals surface area contributed by atoms with E-state index in [4.69, 9.17) is 59.6 Å². The zero-order chi connectivity index (χ0) is 91.9. The van der Waals surface area contributed by atoms with Crippen LogP contribution in [0.1, 0.15) is 119 Å². The van der Waals surface area contributed by atoms with Crippen LogP contribution in [0.15, 0.2) is 159 Å². The Bertz CT molecular complexity index is 7010. The molecular weight excluding hydrogens is 1830 g/mol. The van der Waals surface area contributed by atoms with Crippen LogP contribution in [0.5, 0.6) is 0 Å². The molecule has 4 aliphatic heterocycles. The fourth-order valence-corrected chi connectivity index (χ4v) is 19.6. The van der Waals surface area contributed by atoms with Crippen molar-refractivity contribution in [2.24, 2.45) is 20.0 Å². The number of nitrogens with zero attached hydrogens (tertiary/aromatic N) is 4. The molecule has 12 rings (SSSR count). The normalized spacial score (nSPS) is 15.2. The Balaban J connectivity index is 0.000000271. The Kier molecular flexibility index (Phi) is 32.5. The van der Waals surface area contributed by atoms with Crippen LogP contribution in [-0.2, 0) is 145 Å². The van der Waals surface area contributed by atoms with Gasteiger partial charge in [0.1, 0.15) is 0 Å². The largest absolute Gasteiger partial charge is 0.425 e. The van der Waals surface area contributed by atoms with Gasteiger partial charge in [-0.3, -0.25) is 38.2 Å². The Hall–Kier alpha value is -8.76. The summed E-state index contributed by atoms with van der Waals surface area (Å²) in [6.45, 7) is 26.2. The molecule has 0 bridgehead atoms. The molecule has 0 fully saturated rings. The summed E-state index contributed by atoms with van der Waals surface area (Å²) in [6.07, 6.45) is 0. The molecular formula is C68H80N8O32S12. The number of hydrogen-bond acceptors (Lipinski definition) is 32. The van der Waals surface area contributed by atoms with E-state index in [9.17, 15) is 76.4 Å². The summed E-state index contributed by atoms with van der Waals surface area (Å²) in [5, 5.41) is 4.91. The molecule has 8 aromatic rings. The van der Waals surface area contributed by atoms with E-state index in [1.54, 1.807) is 57.2 Å². The summed E-state index contributed by atoms with van der Waals surface area (Å²) < 4.78 is 339. The van der Waals surface area contributed by atoms with Crippen molar-refractivity contribution in [3.8, 4) is 0 Å². The molecule has 0 aromatic heterocycles. The van der Waals surface area contributed by atoms with Crippen molar-refractivity contribution in [3.63, 3.8) is 0 Å². The predicted octanol–water partition coefficient (Wildman–Crippen LogP) is 6.30. The van der Waals surface area contributed by atoms with Gasteiger partial charge >= 0.3 is 42.4 Å². The molecule has 0 amide bonds. The number of hydrogen-bond donors (Lipinski definition) is 8. The molecule has 120 heavy (non-hydrogen) atoms. The van der Waals surface area contributed by atoms with E-state index in [0.29, 0.717) is 39.3 Å². The number of rotatable bonds is 18. The summed E-state index contributed by atoms with van der Waals surface area (Å²) in [5.74, 6) is -1.69. The first-order valence-electron chi connectivity index (χ1n) is 34.1. The van der Waals surface area contributed by atoms with Crippen LogP contribution in [0.2, 0.25) is 0 Å². The highest BCUT2D eigenvalue weighted by Crippen LogP contribution is 2.50. The maximum Gasteiger partial charge on any atom is 0.425 e. The van der Waals surface area contributed by atoms with Crippen molar-refractivity contribution >= 4 is 212 Å². The first kappa shape index (κ1) is 102. The van der Waals surface area contributed by atoms with Gasteiger partial charge in [0.2, 0.25) is 40.1 Å². The second kappa shape index (κ2) is 38.3. The molecule has 0 atom stereocenters. The third kappa shape index (κ3) is 25.2. The SMILES string of the molecule is CC1=Nc2ccc3c(S(=O)(=O)NCCS(=O)(=O)O)cc(S(=O)(=O)O)cc3c2C1(C)C.CC1=Nc2ccc3ccc(S(=O)(=O)O)cc3c2C1(C)C.CCNS(=O)(=O)c1cc(S(=O)(=O)NCCS(=O)(=O)O)c2ccc3c(c2c1)C(C)(C)C(C)=N3.CCNS(=O)(=O)c1ccc2ccc3c(c2c1)C(C)(C)C(C)=N3.O=S(=O)=O.O=S(=O)=O.O=S(=O)=O.O=S(=O)=O. The topological polar surface area (TPSA) is 656 Å². The maximum absolute atomic E-state index is 13.1. The highest BCUT2D eigenvalue weighted by atomic mass is 32.2. The lowest BCUT2D eigenvalue weighted by Crippen LogP contribution is -2.30. The second-order valence-corrected chi connectivity index (χ2v) is 42.7. The third-order valence-corrected chi connectivity index (χ3v) is 28.3. The molecule has 0 saturated heterocycles. The first-order chi connectivity index (χ1) is 54.5. The van der Waals surface area contributed by atoms with Crippen LogP contribution >= 0.6 is 0 Å². The third-order valence-electron chi connectivity index (χ3n) is 19.1. The van der Waals surface area contributed by atoms with E-state index in [-0.39, 0.29) is 48.2 Å². The van der Waals surface area contributed by atoms with Crippen LogP contribution < -0.4 is 18.9 Å². The van der Waals surface area contributed by atoms with Crippen molar-refractivity contribution in [1.29, 1.82) is 0 Å². The Morgan fingerprint density at radius 1 is 0.300 bits per heavy atom. The van der Waals surface area contributed by atoms with Crippen LogP contribution in [0.3, 0.4) is 0 Å². The first-order valence-corrected chi connectivity index (χ1v) is 50.1. The lowest BCUT2D eigenvalue weighted by molar-refractivity contribution is 0.480. The second-order valence-electron chi connectivity index (χ2n) is 28.1. The maximum atomic E-state index is 13.1. The van der Waals surface area contributed by atoms with Crippen molar-refractivity contribution in [2.75, 3.05) is 37.7 Å². The van der Waals surface area contributed by atoms with Crippen molar-refractivity contribution in [2.45, 2.75) is 148 Å². The molecule has 0 aliphatic carbocycles. The van der Waals surface area contributed by atoms with Gasteiger partial charge in [0.25, 0.3) is 40.5 Å². The van der Waals surface area contributed by atoms with E-state index in [1.165, 1.54) is 30.3 Å². The van der Waals surface area contributed by atoms with Gasteiger partial charge in [-0.15, -0.1) is 50.5 Å². The standard InChI is InChI=1S/C19H25N3O7S3.C17H20N2O8S3.C17H20N2O2S.C15H15NO3S.4O3S/c1-5-20-31(26,27)13-10-15-14(6-7-16-18(15)19(3,4)12(2)22-16)17(11-13)32(28,29)21-8-9-30(23,24)25;1-10-17(2,3)16-13-8-11(30(25,26)27)9-15(12(13)4-5-14(16)19-10)29(23,24)18-6-7-28(20,21)22;1-5-18-22(20,21)13-8-6-12-7-9-15-16(14(12)10-13)17(3,4)11(2)19-15;1-9-15(2,3)14-12-8-11(20(17,18)19)6-4-10(12)5-7-13(14)16-9;4*1-4(2)3/h6-7,10-11,20-21H,5,8-9H2,1-4H3,(H,23,24,25);4-5,8-9,18H,6-7H2,1-3H3,(H,20,21,22)(H,25,26,27);6-10,18H,5H2,1-4H3;4-8H,1-3H3,(H,17,18,19);;;;. The highest BCUT2D eigenvalue weighted by molar-refractivity contribution is 7.91. The van der Waals surface area contributed by atoms with Gasteiger partial charge in [-0.05, 0) is 155 Å². The lowest BCUT2D eigenvalue weighted by atomic mass is 9.80. The fraction of sp³-hybridized carbons (Fsp3) is 0.353. The van der Waals surface area contributed by atoms with Gasteiger partial charge < -0.3 is 0 Å². The lowest BCUT2D eigenvalue weighted by Gasteiger charge is -2.23. The van der Waals surface area contributed by atoms with E-state index in [2.05, 4.69) is 61.8 Å². The van der Waals surface area contributed by atoms with Crippen LogP contribution in [0.25, 0.3) is 43.1 Å². The number of nitrogens with one attached hydrogen (secondary N) is 4. The molecule has 8 N–H and O–H groups in total. The molecule has 0 radical (unpaired) electrons. The van der Waals surface area contributed by atoms with E-state index in [1.807, 2.05) is 83.5 Å². The van der Waals surface area contributed by atoms with Gasteiger partial charge in [0.15, 0.2) is 0 Å². The smallest absolute Gasteiger partial charge is 0.286 e. The van der Waals surface area contributed by atoms with Crippen molar-refractivity contribution in [3.05, 3.63) is 131 Å². The highest BCUT2D eigenvalue weighted by Gasteiger charge is 2.40. The van der Waals surface area contributed by atoms with Crippen LogP contribution in [-0.4, -0.2) is 197 Å². The Labute approximate surface area is 698 Å². The average Bonchev–Trinajstić information content (AvgIpc) is 1.53. The van der Waals surface area contributed by atoms with Gasteiger partial charge in [-0.1, -0.05) is 106 Å². The zero-order valence-corrected chi connectivity index (χ0v) is 75.3. The molecule has 8 aromatic carbocycles. The summed E-state index contributed by atoms with van der Waals surface area (Å²) in [6, 6.07) is 28.6. The van der Waals surface area contributed by atoms with Crippen LogP contribution in [0, 0.1) is 0 Å². The molecule has 4 heterocycles. The summed E-state index contributed by atoms with van der Waals surface area (Å²) >= 11 is 0. The summed E-state index contributed by atoms with van der Waals surface area (Å²) in [7, 11) is -46.4. The molecule has 656 valence electrons. The van der Waals surface area contributed by atoms with Gasteiger partial charge in [-0.25, -0.2) is 52.6 Å². The number of benzene rings is 8. The van der Waals surface area contributed by atoms with Crippen molar-refractivity contribution in [1.82, 2.24) is 18.9 Å². The number of aliphatic imine (C=N–C) groups is 4. The minimum Gasteiger partial charge on any atom is -0.286 e. The Morgan fingerprint density at radius 3 is 0.833 bits per heavy atom. The van der Waals surface area contributed by atoms with E-state index >= 15 is 0 Å². The Morgan fingerprint density at radius 2 is 0.542 bits per heavy atom. The van der Waals surface area contributed by atoms with E-state index in [0.717, 1.165) is 79.0 Å². The van der Waals surface area contributed by atoms with Gasteiger partial charge in [0, 0.05) is 81.5 Å². The van der Waals surface area contributed by atoms with Crippen molar-refractivity contribution < 1.29 is 136 Å². The molecule has 40 nitrogen and oxygen atoms in total. The molecule has 4 aliphatic rings. The van der Waals surface area contributed by atoms with Gasteiger partial charge in [0.05, 0.1) is 63.6 Å². The number of fused-ring (bicyclic) bond motifs is 12. The fourth-order valence-electron chi connectivity index (χ4n) is 12.7. The van der Waals surface area contributed by atoms with Gasteiger partial charge in [-0.2, -0.15) is 33.7 Å². The molecule has 0 spiro atoms. The predicted molar refractivity (Wildman–Crippen MR) is 442 cm³/mol. The zero-order valence-electron chi connectivity index (χ0n) is 65.5. The summed E-state index contributed by atoms with van der Waals surface area (Å²) in [5.41, 5.74) is 8.41. The summed E-state index contributed by atoms with van der Waals surface area (Å²) in [4.78, 5) is 16.8. The molecule has 52 heteroatoms. The average molecular weight is 1910 g/mol. The minimum atomic E-state index is -4.75. The minimum absolute atomic E-state index is 0.0845. The molecule has 0 unspecified atom stereocenters. The molecule has 0 saturated carbocycles. The quantitative estimate of drug-likeness (QED) is 0.0437. The van der Waals surface area contributed by atoms with E-state index < -0.39 is 168 Å².